The lowest BCUT2D eigenvalue weighted by Gasteiger charge is -2.36. The molecule has 3 N–H and O–H groups in total. The molecule has 16 heavy (non-hydrogen) atoms. The smallest absolute Gasteiger partial charge is 0.249 e. The van der Waals surface area contributed by atoms with Crippen LogP contribution >= 0.6 is 0 Å². The molecule has 86 valence electrons. The Labute approximate surface area is 95.4 Å². The van der Waals surface area contributed by atoms with Gasteiger partial charge in [-0.2, -0.15) is 0 Å². The number of anilines is 3. The maximum atomic E-state index is 12.0. The summed E-state index contributed by atoms with van der Waals surface area (Å²) in [6.45, 7) is 5.88. The maximum Gasteiger partial charge on any atom is 0.249 e. The van der Waals surface area contributed by atoms with Crippen molar-refractivity contribution in [3.63, 3.8) is 0 Å². The molecule has 0 fully saturated rings. The van der Waals surface area contributed by atoms with Crippen LogP contribution in [0.2, 0.25) is 0 Å². The first-order valence-corrected chi connectivity index (χ1v) is 5.50. The van der Waals surface area contributed by atoms with Gasteiger partial charge in [-0.15, -0.1) is 0 Å². The maximum absolute atomic E-state index is 12.0. The fraction of sp³-hybridized carbons (Fsp3) is 0.417. The molecule has 1 aromatic carbocycles. The second-order valence-electron chi connectivity index (χ2n) is 4.44. The van der Waals surface area contributed by atoms with Gasteiger partial charge in [-0.05, 0) is 39.0 Å². The number of rotatable bonds is 1. The standard InChI is InChI=1S/C12H17N3O/c1-7(2)15-11-5-4-9(13)6-10(11)14-8(3)12(15)16/h4-8,14H,13H2,1-3H3. The minimum atomic E-state index is -0.198. The van der Waals surface area contributed by atoms with Crippen LogP contribution < -0.4 is 16.0 Å². The van der Waals surface area contributed by atoms with Crippen LogP contribution in [0.4, 0.5) is 17.1 Å². The van der Waals surface area contributed by atoms with Gasteiger partial charge >= 0.3 is 0 Å². The van der Waals surface area contributed by atoms with Crippen molar-refractivity contribution >= 4 is 23.0 Å². The summed E-state index contributed by atoms with van der Waals surface area (Å²) in [5.41, 5.74) is 8.29. The Bertz CT molecular complexity index is 428. The normalized spacial score (nSPS) is 19.6. The Balaban J connectivity index is 2.52. The Kier molecular flexibility index (Phi) is 2.50. The molecule has 1 atom stereocenters. The van der Waals surface area contributed by atoms with Gasteiger partial charge in [0.25, 0.3) is 0 Å². The summed E-state index contributed by atoms with van der Waals surface area (Å²) >= 11 is 0. The molecular formula is C12H17N3O. The fourth-order valence-electron chi connectivity index (χ4n) is 2.03. The minimum absolute atomic E-state index is 0.104. The molecule has 1 heterocycles. The number of benzene rings is 1. The van der Waals surface area contributed by atoms with E-state index in [1.54, 1.807) is 0 Å². The number of hydrogen-bond acceptors (Lipinski definition) is 3. The number of amides is 1. The van der Waals surface area contributed by atoms with Crippen molar-refractivity contribution in [3.05, 3.63) is 18.2 Å². The van der Waals surface area contributed by atoms with E-state index in [1.165, 1.54) is 0 Å². The molecule has 0 bridgehead atoms. The number of hydrogen-bond donors (Lipinski definition) is 2. The van der Waals surface area contributed by atoms with Crippen LogP contribution in [-0.4, -0.2) is 18.0 Å². The topological polar surface area (TPSA) is 58.4 Å². The Morgan fingerprint density at radius 2 is 2.12 bits per heavy atom. The van der Waals surface area contributed by atoms with Gasteiger partial charge in [-0.1, -0.05) is 0 Å². The molecule has 1 unspecified atom stereocenters. The molecule has 4 heteroatoms. The predicted molar refractivity (Wildman–Crippen MR) is 66.6 cm³/mol. The summed E-state index contributed by atoms with van der Waals surface area (Å²) in [4.78, 5) is 13.9. The highest BCUT2D eigenvalue weighted by molar-refractivity contribution is 6.05. The van der Waals surface area contributed by atoms with Gasteiger partial charge in [0.1, 0.15) is 6.04 Å². The van der Waals surface area contributed by atoms with E-state index in [-0.39, 0.29) is 18.0 Å². The monoisotopic (exact) mass is 219 g/mol. The molecule has 0 spiro atoms. The van der Waals surface area contributed by atoms with E-state index >= 15 is 0 Å². The van der Waals surface area contributed by atoms with Crippen LogP contribution in [-0.2, 0) is 4.79 Å². The van der Waals surface area contributed by atoms with Gasteiger partial charge in [0.15, 0.2) is 0 Å². The zero-order valence-corrected chi connectivity index (χ0v) is 9.82. The van der Waals surface area contributed by atoms with Gasteiger partial charge in [0.2, 0.25) is 5.91 Å². The molecule has 0 saturated carbocycles. The molecule has 0 radical (unpaired) electrons. The average molecular weight is 219 g/mol. The quantitative estimate of drug-likeness (QED) is 0.708. The van der Waals surface area contributed by atoms with Gasteiger partial charge in [0.05, 0.1) is 11.4 Å². The van der Waals surface area contributed by atoms with E-state index in [2.05, 4.69) is 5.32 Å². The van der Waals surface area contributed by atoms with Gasteiger partial charge in [0, 0.05) is 11.7 Å². The lowest BCUT2D eigenvalue weighted by molar-refractivity contribution is -0.119. The molecule has 1 aromatic rings. The summed E-state index contributed by atoms with van der Waals surface area (Å²) in [6.07, 6.45) is 0. The van der Waals surface area contributed by atoms with E-state index in [0.29, 0.717) is 5.69 Å². The van der Waals surface area contributed by atoms with Crippen LogP contribution in [0.3, 0.4) is 0 Å². The van der Waals surface area contributed by atoms with Crippen LogP contribution in [0, 0.1) is 0 Å². The second kappa shape index (κ2) is 3.70. The summed E-state index contributed by atoms with van der Waals surface area (Å²) in [6, 6.07) is 5.53. The lowest BCUT2D eigenvalue weighted by atomic mass is 10.1. The Hall–Kier alpha value is -1.71. The van der Waals surface area contributed by atoms with Crippen LogP contribution in [0.25, 0.3) is 0 Å². The van der Waals surface area contributed by atoms with Crippen LogP contribution in [0.15, 0.2) is 18.2 Å². The zero-order valence-electron chi connectivity index (χ0n) is 9.82. The van der Waals surface area contributed by atoms with Gasteiger partial charge < -0.3 is 16.0 Å². The highest BCUT2D eigenvalue weighted by Gasteiger charge is 2.30. The number of nitrogens with one attached hydrogen (secondary N) is 1. The van der Waals surface area contributed by atoms with Crippen LogP contribution in [0.1, 0.15) is 20.8 Å². The number of carbonyl (C=O) groups excluding carboxylic acids is 1. The summed E-state index contributed by atoms with van der Waals surface area (Å²) < 4.78 is 0. The average Bonchev–Trinajstić information content (AvgIpc) is 2.19. The van der Waals surface area contributed by atoms with E-state index in [4.69, 9.17) is 5.73 Å². The van der Waals surface area contributed by atoms with Crippen molar-refractivity contribution in [1.29, 1.82) is 0 Å². The first-order valence-electron chi connectivity index (χ1n) is 5.50. The number of nitrogen functional groups attached to an aromatic ring is 1. The largest absolute Gasteiger partial charge is 0.399 e. The molecule has 2 rings (SSSR count). The molecule has 0 saturated heterocycles. The fourth-order valence-corrected chi connectivity index (χ4v) is 2.03. The van der Waals surface area contributed by atoms with Crippen molar-refractivity contribution in [1.82, 2.24) is 0 Å². The third-order valence-electron chi connectivity index (χ3n) is 2.78. The van der Waals surface area contributed by atoms with Crippen molar-refractivity contribution in [3.8, 4) is 0 Å². The van der Waals surface area contributed by atoms with E-state index in [0.717, 1.165) is 11.4 Å². The third-order valence-corrected chi connectivity index (χ3v) is 2.78. The minimum Gasteiger partial charge on any atom is -0.399 e. The van der Waals surface area contributed by atoms with Crippen molar-refractivity contribution in [2.45, 2.75) is 32.9 Å². The summed E-state index contributed by atoms with van der Waals surface area (Å²) in [5, 5.41) is 3.16. The number of nitrogens with two attached hydrogens (primary N) is 1. The second-order valence-corrected chi connectivity index (χ2v) is 4.44. The molecule has 4 nitrogen and oxygen atoms in total. The van der Waals surface area contributed by atoms with Crippen molar-refractivity contribution in [2.75, 3.05) is 16.0 Å². The highest BCUT2D eigenvalue weighted by Crippen LogP contribution is 2.34. The van der Waals surface area contributed by atoms with Gasteiger partial charge in [-0.25, -0.2) is 0 Å². The van der Waals surface area contributed by atoms with Crippen LogP contribution in [0.5, 0.6) is 0 Å². The molecular weight excluding hydrogens is 202 g/mol. The van der Waals surface area contributed by atoms with E-state index in [9.17, 15) is 4.79 Å². The predicted octanol–water partition coefficient (Wildman–Crippen LogP) is 1.82. The SMILES string of the molecule is CC1Nc2cc(N)ccc2N(C(C)C)C1=O. The van der Waals surface area contributed by atoms with E-state index in [1.807, 2.05) is 43.9 Å². The molecule has 1 aliphatic heterocycles. The zero-order chi connectivity index (χ0) is 11.9. The Morgan fingerprint density at radius 1 is 1.44 bits per heavy atom. The number of nitrogens with zero attached hydrogens (tertiary/aromatic N) is 1. The number of carbonyl (C=O) groups is 1. The first kappa shape index (κ1) is 10.8. The Morgan fingerprint density at radius 3 is 2.75 bits per heavy atom. The van der Waals surface area contributed by atoms with Crippen molar-refractivity contribution < 1.29 is 4.79 Å². The van der Waals surface area contributed by atoms with Gasteiger partial charge in [-0.3, -0.25) is 4.79 Å². The molecule has 1 amide bonds. The van der Waals surface area contributed by atoms with Crippen molar-refractivity contribution in [2.24, 2.45) is 0 Å². The third kappa shape index (κ3) is 1.60. The molecule has 1 aliphatic rings. The number of fused-ring (bicyclic) bond motifs is 1. The highest BCUT2D eigenvalue weighted by atomic mass is 16.2. The summed E-state index contributed by atoms with van der Waals surface area (Å²) in [7, 11) is 0. The lowest BCUT2D eigenvalue weighted by Crippen LogP contribution is -2.48. The first-order chi connectivity index (χ1) is 7.50. The molecule has 0 aromatic heterocycles. The summed E-state index contributed by atoms with van der Waals surface area (Å²) in [5.74, 6) is 0.104. The van der Waals surface area contributed by atoms with E-state index < -0.39 is 0 Å². The molecule has 0 aliphatic carbocycles.